The van der Waals surface area contributed by atoms with Gasteiger partial charge in [0.05, 0.1) is 5.92 Å². The van der Waals surface area contributed by atoms with E-state index in [-0.39, 0.29) is 27.7 Å². The van der Waals surface area contributed by atoms with Crippen LogP contribution in [0, 0.1) is 12.8 Å². The Morgan fingerprint density at radius 1 is 1.42 bits per heavy atom. The molecule has 0 spiro atoms. The van der Waals surface area contributed by atoms with Gasteiger partial charge in [-0.1, -0.05) is 24.1 Å². The second kappa shape index (κ2) is 5.74. The lowest BCUT2D eigenvalue weighted by Gasteiger charge is -2.38. The smallest absolute Gasteiger partial charge is 0.362 e. The number of carbonyl (C=O) groups excluding carboxylic acids is 1. The van der Waals surface area contributed by atoms with Crippen LogP contribution in [0.4, 0.5) is 13.2 Å². The van der Waals surface area contributed by atoms with Gasteiger partial charge in [0.1, 0.15) is 0 Å². The molecule has 4 nitrogen and oxygen atoms in total. The zero-order valence-electron chi connectivity index (χ0n) is 12.9. The Labute approximate surface area is 141 Å². The summed E-state index contributed by atoms with van der Waals surface area (Å²) in [7, 11) is 0. The Hall–Kier alpha value is -1.60. The van der Waals surface area contributed by atoms with Crippen molar-refractivity contribution in [1.82, 2.24) is 5.01 Å². The third-order valence-electron chi connectivity index (χ3n) is 4.64. The van der Waals surface area contributed by atoms with Gasteiger partial charge in [-0.2, -0.15) is 23.3 Å². The number of aliphatic hydroxyl groups is 1. The van der Waals surface area contributed by atoms with Gasteiger partial charge in [0.2, 0.25) is 0 Å². The predicted molar refractivity (Wildman–Crippen MR) is 82.8 cm³/mol. The minimum absolute atomic E-state index is 0.0451. The third kappa shape index (κ3) is 2.50. The van der Waals surface area contributed by atoms with Crippen molar-refractivity contribution in [2.45, 2.75) is 44.5 Å². The molecule has 1 aromatic carbocycles. The SMILES string of the molecule is Cc1ccc(C(=O)N2N=C3CCCC[C@@H]3[C@]2(O)C(F)(F)F)cc1Cl. The van der Waals surface area contributed by atoms with Gasteiger partial charge in [-0.3, -0.25) is 4.79 Å². The highest BCUT2D eigenvalue weighted by Gasteiger charge is 2.68. The fourth-order valence-corrected chi connectivity index (χ4v) is 3.45. The minimum atomic E-state index is -5.01. The van der Waals surface area contributed by atoms with Gasteiger partial charge in [-0.05, 0) is 43.9 Å². The highest BCUT2D eigenvalue weighted by Crippen LogP contribution is 2.48. The number of hydrazone groups is 1. The molecular weight excluding hydrogens is 345 g/mol. The van der Waals surface area contributed by atoms with Gasteiger partial charge >= 0.3 is 6.18 Å². The van der Waals surface area contributed by atoms with E-state index >= 15 is 0 Å². The van der Waals surface area contributed by atoms with Gasteiger partial charge in [-0.15, -0.1) is 0 Å². The summed E-state index contributed by atoms with van der Waals surface area (Å²) in [5.41, 5.74) is -2.43. The van der Waals surface area contributed by atoms with Crippen LogP contribution in [-0.2, 0) is 0 Å². The van der Waals surface area contributed by atoms with Crippen molar-refractivity contribution < 1.29 is 23.1 Å². The first-order chi connectivity index (χ1) is 11.2. The zero-order chi connectivity index (χ0) is 17.7. The number of nitrogens with zero attached hydrogens (tertiary/aromatic N) is 2. The maximum absolute atomic E-state index is 13.6. The lowest BCUT2D eigenvalue weighted by Crippen LogP contribution is -2.61. The average Bonchev–Trinajstić information content (AvgIpc) is 2.84. The molecular formula is C16H16ClF3N2O2. The number of aryl methyl sites for hydroxylation is 1. The number of alkyl halides is 3. The van der Waals surface area contributed by atoms with E-state index in [0.29, 0.717) is 24.8 Å². The number of carbonyl (C=O) groups is 1. The highest BCUT2D eigenvalue weighted by atomic mass is 35.5. The molecule has 2 aliphatic rings. The van der Waals surface area contributed by atoms with E-state index in [1.807, 2.05) is 0 Å². The molecule has 130 valence electrons. The maximum Gasteiger partial charge on any atom is 0.439 e. The van der Waals surface area contributed by atoms with Crippen molar-refractivity contribution in [2.24, 2.45) is 11.0 Å². The van der Waals surface area contributed by atoms with E-state index < -0.39 is 23.7 Å². The van der Waals surface area contributed by atoms with E-state index in [4.69, 9.17) is 11.6 Å². The molecule has 1 aliphatic heterocycles. The topological polar surface area (TPSA) is 52.9 Å². The van der Waals surface area contributed by atoms with Crippen LogP contribution in [-0.4, -0.2) is 33.6 Å². The van der Waals surface area contributed by atoms with Crippen LogP contribution < -0.4 is 0 Å². The van der Waals surface area contributed by atoms with Crippen LogP contribution >= 0.6 is 11.6 Å². The molecule has 0 unspecified atom stereocenters. The predicted octanol–water partition coefficient (Wildman–Crippen LogP) is 3.90. The summed E-state index contributed by atoms with van der Waals surface area (Å²) in [4.78, 5) is 12.6. The summed E-state index contributed by atoms with van der Waals surface area (Å²) in [6.45, 7) is 1.72. The molecule has 2 atom stereocenters. The van der Waals surface area contributed by atoms with Crippen LogP contribution in [0.2, 0.25) is 5.02 Å². The number of amides is 1. The Bertz CT molecular complexity index is 720. The molecule has 1 saturated carbocycles. The molecule has 1 aliphatic carbocycles. The number of halogens is 4. The van der Waals surface area contributed by atoms with E-state index in [2.05, 4.69) is 5.10 Å². The van der Waals surface area contributed by atoms with Crippen LogP contribution in [0.25, 0.3) is 0 Å². The fraction of sp³-hybridized carbons (Fsp3) is 0.500. The first-order valence-corrected chi connectivity index (χ1v) is 8.01. The Morgan fingerprint density at radius 3 is 2.75 bits per heavy atom. The number of benzene rings is 1. The van der Waals surface area contributed by atoms with Crippen LogP contribution in [0.15, 0.2) is 23.3 Å². The summed E-state index contributed by atoms with van der Waals surface area (Å²) in [5.74, 6) is -2.23. The summed E-state index contributed by atoms with van der Waals surface area (Å²) in [5, 5.41) is 14.8. The zero-order valence-corrected chi connectivity index (χ0v) is 13.7. The number of rotatable bonds is 1. The maximum atomic E-state index is 13.6. The van der Waals surface area contributed by atoms with Crippen molar-refractivity contribution >= 4 is 23.2 Å². The Kier molecular flexibility index (Phi) is 4.12. The molecule has 0 aromatic heterocycles. The van der Waals surface area contributed by atoms with Crippen molar-refractivity contribution in [3.05, 3.63) is 34.3 Å². The van der Waals surface area contributed by atoms with Crippen molar-refractivity contribution in [1.29, 1.82) is 0 Å². The molecule has 1 aromatic rings. The molecule has 1 amide bonds. The molecule has 1 fully saturated rings. The molecule has 0 bridgehead atoms. The lowest BCUT2D eigenvalue weighted by molar-refractivity contribution is -0.312. The van der Waals surface area contributed by atoms with Gasteiger partial charge < -0.3 is 5.11 Å². The number of hydrogen-bond donors (Lipinski definition) is 1. The van der Waals surface area contributed by atoms with Crippen molar-refractivity contribution in [3.63, 3.8) is 0 Å². The van der Waals surface area contributed by atoms with Crippen LogP contribution in [0.5, 0.6) is 0 Å². The fourth-order valence-electron chi connectivity index (χ4n) is 3.27. The summed E-state index contributed by atoms with van der Waals surface area (Å²) >= 11 is 5.96. The van der Waals surface area contributed by atoms with E-state index in [0.717, 1.165) is 0 Å². The Morgan fingerprint density at radius 2 is 2.12 bits per heavy atom. The summed E-state index contributed by atoms with van der Waals surface area (Å²) < 4.78 is 40.9. The molecule has 1 N–H and O–H groups in total. The van der Waals surface area contributed by atoms with Gasteiger partial charge in [0.15, 0.2) is 0 Å². The van der Waals surface area contributed by atoms with Gasteiger partial charge in [0, 0.05) is 16.3 Å². The monoisotopic (exact) mass is 360 g/mol. The number of hydrogen-bond acceptors (Lipinski definition) is 3. The molecule has 1 heterocycles. The summed E-state index contributed by atoms with van der Waals surface area (Å²) in [6, 6.07) is 4.21. The molecule has 24 heavy (non-hydrogen) atoms. The van der Waals surface area contributed by atoms with Gasteiger partial charge in [0.25, 0.3) is 11.6 Å². The van der Waals surface area contributed by atoms with Crippen LogP contribution in [0.1, 0.15) is 41.6 Å². The van der Waals surface area contributed by atoms with Crippen LogP contribution in [0.3, 0.4) is 0 Å². The van der Waals surface area contributed by atoms with E-state index in [9.17, 15) is 23.1 Å². The third-order valence-corrected chi connectivity index (χ3v) is 5.05. The minimum Gasteiger partial charge on any atom is -0.362 e. The Balaban J connectivity index is 2.05. The normalized spacial score (nSPS) is 27.0. The van der Waals surface area contributed by atoms with Crippen molar-refractivity contribution in [3.8, 4) is 0 Å². The largest absolute Gasteiger partial charge is 0.439 e. The second-order valence-corrected chi connectivity index (χ2v) is 6.60. The molecule has 8 heteroatoms. The standard InChI is InChI=1S/C16H16ClF3N2O2/c1-9-6-7-10(8-12(9)17)14(23)22-15(24,16(18,19)20)11-4-2-3-5-13(11)21-22/h6-8,11,24H,2-5H2,1H3/t11-,15-/m0/s1. The van der Waals surface area contributed by atoms with Gasteiger partial charge in [-0.25, -0.2) is 0 Å². The molecule has 0 saturated heterocycles. The molecule has 0 radical (unpaired) electrons. The van der Waals surface area contributed by atoms with E-state index in [1.54, 1.807) is 13.0 Å². The van der Waals surface area contributed by atoms with E-state index in [1.165, 1.54) is 12.1 Å². The van der Waals surface area contributed by atoms with Crippen molar-refractivity contribution in [2.75, 3.05) is 0 Å². The quantitative estimate of drug-likeness (QED) is 0.825. The summed E-state index contributed by atoms with van der Waals surface area (Å²) in [6.07, 6.45) is -3.26. The number of fused-ring (bicyclic) bond motifs is 1. The average molecular weight is 361 g/mol. The highest BCUT2D eigenvalue weighted by molar-refractivity contribution is 6.31. The first-order valence-electron chi connectivity index (χ1n) is 7.63. The second-order valence-electron chi connectivity index (χ2n) is 6.19. The molecule has 3 rings (SSSR count). The first kappa shape index (κ1) is 17.2. The lowest BCUT2D eigenvalue weighted by atomic mass is 9.80.